The van der Waals surface area contributed by atoms with Gasteiger partial charge in [0.05, 0.1) is 30.7 Å². The van der Waals surface area contributed by atoms with Crippen LogP contribution in [0.3, 0.4) is 0 Å². The van der Waals surface area contributed by atoms with Crippen LogP contribution in [0.4, 0.5) is 11.6 Å². The Bertz CT molecular complexity index is 1790. The molecule has 1 aromatic carbocycles. The molecule has 46 heavy (non-hydrogen) atoms. The fourth-order valence-corrected chi connectivity index (χ4v) is 5.17. The van der Waals surface area contributed by atoms with Gasteiger partial charge in [0.2, 0.25) is 11.8 Å². The number of aromatic nitrogens is 5. The Morgan fingerprint density at radius 1 is 1.13 bits per heavy atom. The summed E-state index contributed by atoms with van der Waals surface area (Å²) < 4.78 is 13.7. The number of carbonyl (C=O) groups is 2. The van der Waals surface area contributed by atoms with Gasteiger partial charge >= 0.3 is 11.9 Å². The molecule has 13 nitrogen and oxygen atoms in total. The molecule has 244 valence electrons. The lowest BCUT2D eigenvalue weighted by Gasteiger charge is -2.24. The SMILES string of the molecule is COc1nc(NCC(=O)OC(C)(C)C)ncc1-n1nc(C(=O)O)c(C(Nc2cc(Cl)c(=O)n(C)c2)c2ccc(Cl)cc2)c1C(C)C. The normalized spacial score (nSPS) is 12.1. The molecule has 1 unspecified atom stereocenters. The number of methoxy groups -OCH3 is 1. The first-order chi connectivity index (χ1) is 21.6. The Kier molecular flexibility index (Phi) is 10.3. The zero-order valence-electron chi connectivity index (χ0n) is 26.4. The Labute approximate surface area is 275 Å². The number of pyridine rings is 1. The lowest BCUT2D eigenvalue weighted by atomic mass is 9.92. The van der Waals surface area contributed by atoms with Gasteiger partial charge in [-0.15, -0.1) is 0 Å². The molecule has 3 N–H and O–H groups in total. The van der Waals surface area contributed by atoms with E-state index in [0.717, 1.165) is 0 Å². The van der Waals surface area contributed by atoms with Crippen molar-refractivity contribution in [1.82, 2.24) is 24.3 Å². The van der Waals surface area contributed by atoms with Crippen LogP contribution in [0.25, 0.3) is 5.69 Å². The molecule has 4 rings (SSSR count). The van der Waals surface area contributed by atoms with Crippen LogP contribution < -0.4 is 20.9 Å². The number of rotatable bonds is 11. The molecular weight excluding hydrogens is 637 g/mol. The first-order valence-corrected chi connectivity index (χ1v) is 15.0. The minimum atomic E-state index is -1.27. The Balaban J connectivity index is 1.87. The molecule has 3 aromatic heterocycles. The van der Waals surface area contributed by atoms with Crippen LogP contribution in [0.1, 0.15) is 73.9 Å². The monoisotopic (exact) mass is 671 g/mol. The molecule has 0 amide bonds. The molecule has 0 aliphatic heterocycles. The Morgan fingerprint density at radius 3 is 2.37 bits per heavy atom. The van der Waals surface area contributed by atoms with Crippen molar-refractivity contribution in [3.8, 4) is 11.6 Å². The third-order valence-electron chi connectivity index (χ3n) is 6.62. The predicted octanol–water partition coefficient (Wildman–Crippen LogP) is 5.45. The maximum Gasteiger partial charge on any atom is 0.356 e. The average molecular weight is 673 g/mol. The minimum Gasteiger partial charge on any atom is -0.479 e. The van der Waals surface area contributed by atoms with E-state index in [9.17, 15) is 19.5 Å². The number of carboxylic acid groups (broad SMARTS) is 1. The van der Waals surface area contributed by atoms with E-state index < -0.39 is 23.6 Å². The van der Waals surface area contributed by atoms with Gasteiger partial charge < -0.3 is 29.8 Å². The standard InChI is InChI=1S/C31H35Cl2N7O6/c1-16(2)26-23(24(17-8-10-18(32)11-9-17)36-19-12-20(33)28(42)39(6)15-19)25(29(43)44)38-40(26)21-13-34-30(37-27(21)45-7)35-14-22(41)46-31(3,4)5/h8-13,15-16,24,36H,14H2,1-7H3,(H,43,44)(H,34,35,37). The van der Waals surface area contributed by atoms with Gasteiger partial charge in [-0.25, -0.2) is 14.5 Å². The van der Waals surface area contributed by atoms with Crippen LogP contribution in [-0.2, 0) is 16.6 Å². The van der Waals surface area contributed by atoms with E-state index in [1.54, 1.807) is 58.3 Å². The molecule has 0 aliphatic rings. The van der Waals surface area contributed by atoms with E-state index in [1.807, 2.05) is 13.8 Å². The summed E-state index contributed by atoms with van der Waals surface area (Å²) in [7, 11) is 2.97. The van der Waals surface area contributed by atoms with E-state index in [4.69, 9.17) is 32.7 Å². The fraction of sp³-hybridized carbons (Fsp3) is 0.355. The summed E-state index contributed by atoms with van der Waals surface area (Å²) in [6.45, 7) is 8.90. The lowest BCUT2D eigenvalue weighted by Crippen LogP contribution is -2.28. The quantitative estimate of drug-likeness (QED) is 0.174. The number of anilines is 2. The number of halogens is 2. The van der Waals surface area contributed by atoms with Gasteiger partial charge in [0, 0.05) is 23.8 Å². The molecular formula is C31H35Cl2N7O6. The number of carbonyl (C=O) groups excluding carboxylic acids is 1. The van der Waals surface area contributed by atoms with Gasteiger partial charge in [0.15, 0.2) is 5.69 Å². The second kappa shape index (κ2) is 13.8. The van der Waals surface area contributed by atoms with Crippen LogP contribution in [0.2, 0.25) is 10.0 Å². The summed E-state index contributed by atoms with van der Waals surface area (Å²) in [5.41, 5.74) is 1.00. The molecule has 0 saturated carbocycles. The smallest absolute Gasteiger partial charge is 0.356 e. The van der Waals surface area contributed by atoms with E-state index in [-0.39, 0.29) is 46.3 Å². The van der Waals surface area contributed by atoms with Crippen molar-refractivity contribution in [2.75, 3.05) is 24.3 Å². The second-order valence-corrected chi connectivity index (χ2v) is 12.5. The lowest BCUT2D eigenvalue weighted by molar-refractivity contribution is -0.152. The highest BCUT2D eigenvalue weighted by molar-refractivity contribution is 6.30. The van der Waals surface area contributed by atoms with Crippen molar-refractivity contribution in [2.24, 2.45) is 7.05 Å². The van der Waals surface area contributed by atoms with E-state index in [0.29, 0.717) is 27.5 Å². The third-order valence-corrected chi connectivity index (χ3v) is 7.14. The number of ether oxygens (including phenoxy) is 2. The van der Waals surface area contributed by atoms with Crippen molar-refractivity contribution in [2.45, 2.75) is 52.2 Å². The molecule has 15 heteroatoms. The topological polar surface area (TPSA) is 162 Å². The van der Waals surface area contributed by atoms with Gasteiger partial charge in [-0.1, -0.05) is 49.2 Å². The summed E-state index contributed by atoms with van der Waals surface area (Å²) in [6.07, 6.45) is 2.99. The number of hydrogen-bond acceptors (Lipinski definition) is 10. The highest BCUT2D eigenvalue weighted by atomic mass is 35.5. The van der Waals surface area contributed by atoms with Crippen molar-refractivity contribution < 1.29 is 24.2 Å². The number of nitrogens with one attached hydrogen (secondary N) is 2. The van der Waals surface area contributed by atoms with Crippen molar-refractivity contribution in [3.05, 3.63) is 85.6 Å². The molecule has 4 aromatic rings. The molecule has 0 fully saturated rings. The number of esters is 1. The Morgan fingerprint density at radius 2 is 1.80 bits per heavy atom. The largest absolute Gasteiger partial charge is 0.479 e. The van der Waals surface area contributed by atoms with Crippen molar-refractivity contribution >= 4 is 46.8 Å². The van der Waals surface area contributed by atoms with Crippen LogP contribution >= 0.6 is 23.2 Å². The van der Waals surface area contributed by atoms with Gasteiger partial charge in [0.1, 0.15) is 22.9 Å². The summed E-state index contributed by atoms with van der Waals surface area (Å²) in [4.78, 5) is 46.0. The maximum atomic E-state index is 12.8. The van der Waals surface area contributed by atoms with Crippen LogP contribution in [-0.4, -0.2) is 60.6 Å². The molecule has 0 spiro atoms. The van der Waals surface area contributed by atoms with Crippen LogP contribution in [0, 0.1) is 0 Å². The molecule has 0 saturated heterocycles. The van der Waals surface area contributed by atoms with Gasteiger partial charge in [0.25, 0.3) is 5.56 Å². The minimum absolute atomic E-state index is 0.0113. The van der Waals surface area contributed by atoms with E-state index >= 15 is 0 Å². The van der Waals surface area contributed by atoms with Gasteiger partial charge in [-0.05, 0) is 50.5 Å². The van der Waals surface area contributed by atoms with Crippen LogP contribution in [0.5, 0.6) is 5.88 Å². The highest BCUT2D eigenvalue weighted by Gasteiger charge is 2.33. The third kappa shape index (κ3) is 7.77. The molecule has 1 atom stereocenters. The molecule has 0 radical (unpaired) electrons. The summed E-state index contributed by atoms with van der Waals surface area (Å²) >= 11 is 12.4. The van der Waals surface area contributed by atoms with Crippen LogP contribution in [0.15, 0.2) is 47.5 Å². The Hall–Kier alpha value is -4.62. The number of aryl methyl sites for hydroxylation is 1. The first kappa shape index (κ1) is 34.3. The molecule has 0 bridgehead atoms. The summed E-state index contributed by atoms with van der Waals surface area (Å²) in [5.74, 6) is -1.87. The molecule has 3 heterocycles. The fourth-order valence-electron chi connectivity index (χ4n) is 4.79. The number of aromatic carboxylic acids is 1. The summed E-state index contributed by atoms with van der Waals surface area (Å²) in [5, 5.41) is 21.6. The van der Waals surface area contributed by atoms with E-state index in [2.05, 4.69) is 25.7 Å². The number of carboxylic acids is 1. The second-order valence-electron chi connectivity index (χ2n) is 11.7. The zero-order chi connectivity index (χ0) is 33.9. The number of nitrogens with zero attached hydrogens (tertiary/aromatic N) is 5. The van der Waals surface area contributed by atoms with E-state index in [1.165, 1.54) is 28.6 Å². The van der Waals surface area contributed by atoms with Gasteiger partial charge in [-0.2, -0.15) is 10.1 Å². The van der Waals surface area contributed by atoms with Gasteiger partial charge in [-0.3, -0.25) is 9.59 Å². The summed E-state index contributed by atoms with van der Waals surface area (Å²) in [6, 6.07) is 7.62. The van der Waals surface area contributed by atoms with Crippen molar-refractivity contribution in [3.63, 3.8) is 0 Å². The zero-order valence-corrected chi connectivity index (χ0v) is 27.9. The molecule has 0 aliphatic carbocycles. The highest BCUT2D eigenvalue weighted by Crippen LogP contribution is 2.38. The number of benzene rings is 1. The average Bonchev–Trinajstić information content (AvgIpc) is 3.38. The van der Waals surface area contributed by atoms with Crippen molar-refractivity contribution in [1.29, 1.82) is 0 Å². The number of hydrogen-bond donors (Lipinski definition) is 3. The first-order valence-electron chi connectivity index (χ1n) is 14.2. The predicted molar refractivity (Wildman–Crippen MR) is 175 cm³/mol. The maximum absolute atomic E-state index is 12.8.